The fourth-order valence-electron chi connectivity index (χ4n) is 2.89. The predicted octanol–water partition coefficient (Wildman–Crippen LogP) is 8.25. The number of allylic oxidation sites excluding steroid dienone is 6. The van der Waals surface area contributed by atoms with Crippen molar-refractivity contribution in [3.63, 3.8) is 0 Å². The standard InChI is InChI=1S/C26H44O2/c1-8-9-10-17-26(27)28-25(20-24(7)16-12-14-22(4)5)19-18-23(6)15-11-13-21(2)3/h13-14,18,20,25H,8-12,15-17,19H2,1-7H3. The lowest BCUT2D eigenvalue weighted by Gasteiger charge is -2.15. The van der Waals surface area contributed by atoms with E-state index in [1.165, 1.54) is 22.3 Å². The van der Waals surface area contributed by atoms with Gasteiger partial charge in [-0.05, 0) is 79.7 Å². The van der Waals surface area contributed by atoms with E-state index in [9.17, 15) is 4.79 Å². The Bertz CT molecular complexity index is 553. The van der Waals surface area contributed by atoms with E-state index in [1.54, 1.807) is 0 Å². The minimum Gasteiger partial charge on any atom is -0.458 e. The van der Waals surface area contributed by atoms with Gasteiger partial charge < -0.3 is 4.74 Å². The van der Waals surface area contributed by atoms with Crippen molar-refractivity contribution in [1.29, 1.82) is 0 Å². The molecule has 1 atom stereocenters. The van der Waals surface area contributed by atoms with Crippen LogP contribution in [0.3, 0.4) is 0 Å². The Morgan fingerprint density at radius 1 is 0.786 bits per heavy atom. The molecular formula is C26H44O2. The molecule has 0 aliphatic heterocycles. The average Bonchev–Trinajstić information content (AvgIpc) is 2.59. The zero-order valence-electron chi connectivity index (χ0n) is 19.6. The molecule has 0 aromatic rings. The molecule has 2 heteroatoms. The molecule has 0 aromatic heterocycles. The van der Waals surface area contributed by atoms with Gasteiger partial charge in [0.2, 0.25) is 0 Å². The number of rotatable bonds is 14. The maximum atomic E-state index is 12.2. The van der Waals surface area contributed by atoms with Crippen LogP contribution in [0.25, 0.3) is 0 Å². The van der Waals surface area contributed by atoms with Gasteiger partial charge in [0.15, 0.2) is 0 Å². The molecule has 0 heterocycles. The van der Waals surface area contributed by atoms with Crippen molar-refractivity contribution in [2.45, 2.75) is 112 Å². The van der Waals surface area contributed by atoms with Crippen molar-refractivity contribution in [2.75, 3.05) is 0 Å². The van der Waals surface area contributed by atoms with Gasteiger partial charge in [0.05, 0.1) is 0 Å². The normalized spacial score (nSPS) is 13.1. The molecule has 0 fully saturated rings. The number of carbonyl (C=O) groups excluding carboxylic acids is 1. The molecule has 0 N–H and O–H groups in total. The Hall–Kier alpha value is -1.57. The molecule has 0 saturated carbocycles. The first-order chi connectivity index (χ1) is 13.2. The molecular weight excluding hydrogens is 344 g/mol. The van der Waals surface area contributed by atoms with Gasteiger partial charge in [0.25, 0.3) is 0 Å². The number of hydrogen-bond acceptors (Lipinski definition) is 2. The zero-order chi connectivity index (χ0) is 21.4. The maximum absolute atomic E-state index is 12.2. The fourth-order valence-corrected chi connectivity index (χ4v) is 2.89. The lowest BCUT2D eigenvalue weighted by Crippen LogP contribution is -2.16. The first kappa shape index (κ1) is 26.4. The highest BCUT2D eigenvalue weighted by Crippen LogP contribution is 2.15. The van der Waals surface area contributed by atoms with Crippen molar-refractivity contribution in [3.8, 4) is 0 Å². The maximum Gasteiger partial charge on any atom is 0.306 e. The van der Waals surface area contributed by atoms with Crippen LogP contribution in [0.2, 0.25) is 0 Å². The third kappa shape index (κ3) is 16.6. The molecule has 0 rings (SSSR count). The fraction of sp³-hybridized carbons (Fsp3) is 0.654. The van der Waals surface area contributed by atoms with E-state index >= 15 is 0 Å². The summed E-state index contributed by atoms with van der Waals surface area (Å²) in [5, 5.41) is 0. The Kier molecular flexibility index (Phi) is 15.5. The molecule has 0 amide bonds. The van der Waals surface area contributed by atoms with Crippen LogP contribution in [0.15, 0.2) is 46.6 Å². The lowest BCUT2D eigenvalue weighted by molar-refractivity contribution is -0.146. The van der Waals surface area contributed by atoms with E-state index in [1.807, 2.05) is 0 Å². The Morgan fingerprint density at radius 3 is 1.89 bits per heavy atom. The van der Waals surface area contributed by atoms with Crippen molar-refractivity contribution in [3.05, 3.63) is 46.6 Å². The van der Waals surface area contributed by atoms with E-state index in [-0.39, 0.29) is 12.1 Å². The van der Waals surface area contributed by atoms with E-state index in [0.717, 1.165) is 51.4 Å². The van der Waals surface area contributed by atoms with Crippen molar-refractivity contribution in [2.24, 2.45) is 0 Å². The second kappa shape index (κ2) is 16.4. The molecule has 0 bridgehead atoms. The number of ether oxygens (including phenoxy) is 1. The highest BCUT2D eigenvalue weighted by molar-refractivity contribution is 5.69. The van der Waals surface area contributed by atoms with Gasteiger partial charge in [-0.15, -0.1) is 0 Å². The molecule has 2 nitrogen and oxygen atoms in total. The van der Waals surface area contributed by atoms with E-state index in [4.69, 9.17) is 4.74 Å². The van der Waals surface area contributed by atoms with Gasteiger partial charge >= 0.3 is 5.97 Å². The van der Waals surface area contributed by atoms with Gasteiger partial charge in [-0.3, -0.25) is 4.79 Å². The first-order valence-electron chi connectivity index (χ1n) is 11.0. The average molecular weight is 389 g/mol. The summed E-state index contributed by atoms with van der Waals surface area (Å²) in [6.45, 7) is 15.0. The van der Waals surface area contributed by atoms with Crippen molar-refractivity contribution < 1.29 is 9.53 Å². The van der Waals surface area contributed by atoms with Crippen LogP contribution in [0.4, 0.5) is 0 Å². The monoisotopic (exact) mass is 388 g/mol. The minimum atomic E-state index is -0.153. The zero-order valence-corrected chi connectivity index (χ0v) is 19.6. The molecule has 0 aliphatic carbocycles. The molecule has 28 heavy (non-hydrogen) atoms. The molecule has 0 radical (unpaired) electrons. The highest BCUT2D eigenvalue weighted by atomic mass is 16.5. The highest BCUT2D eigenvalue weighted by Gasteiger charge is 2.11. The Labute approximate surface area is 174 Å². The van der Waals surface area contributed by atoms with Gasteiger partial charge in [0, 0.05) is 12.8 Å². The number of hydrogen-bond donors (Lipinski definition) is 0. The van der Waals surface area contributed by atoms with E-state index in [2.05, 4.69) is 72.8 Å². The van der Waals surface area contributed by atoms with Crippen LogP contribution in [0.1, 0.15) is 106 Å². The summed E-state index contributed by atoms with van der Waals surface area (Å²) in [7, 11) is 0. The van der Waals surface area contributed by atoms with Gasteiger partial charge in [-0.2, -0.15) is 0 Å². The molecule has 0 aliphatic rings. The SMILES string of the molecule is CCCCCC(=O)OC(C=C(C)CCC=C(C)C)CC=C(C)CCC=C(C)C. The summed E-state index contributed by atoms with van der Waals surface area (Å²) >= 11 is 0. The molecule has 0 spiro atoms. The van der Waals surface area contributed by atoms with Crippen LogP contribution < -0.4 is 0 Å². The number of esters is 1. The molecule has 0 saturated heterocycles. The molecule has 1 unspecified atom stereocenters. The summed E-state index contributed by atoms with van der Waals surface area (Å²) in [4.78, 5) is 12.2. The van der Waals surface area contributed by atoms with E-state index in [0.29, 0.717) is 6.42 Å². The quantitative estimate of drug-likeness (QED) is 0.170. The van der Waals surface area contributed by atoms with Crippen LogP contribution in [0, 0.1) is 0 Å². The number of carbonyl (C=O) groups is 1. The third-order valence-electron chi connectivity index (χ3n) is 4.62. The van der Waals surface area contributed by atoms with Gasteiger partial charge in [0.1, 0.15) is 6.10 Å². The summed E-state index contributed by atoms with van der Waals surface area (Å²) in [5.41, 5.74) is 5.36. The summed E-state index contributed by atoms with van der Waals surface area (Å²) in [5.74, 6) is -0.0672. The van der Waals surface area contributed by atoms with Crippen LogP contribution in [-0.2, 0) is 9.53 Å². The van der Waals surface area contributed by atoms with Gasteiger partial charge in [-0.25, -0.2) is 0 Å². The van der Waals surface area contributed by atoms with Gasteiger partial charge in [-0.1, -0.05) is 60.3 Å². The smallest absolute Gasteiger partial charge is 0.306 e. The summed E-state index contributed by atoms with van der Waals surface area (Å²) in [6, 6.07) is 0. The summed E-state index contributed by atoms with van der Waals surface area (Å²) in [6.07, 6.45) is 17.4. The molecule has 0 aromatic carbocycles. The predicted molar refractivity (Wildman–Crippen MR) is 123 cm³/mol. The molecule has 160 valence electrons. The largest absolute Gasteiger partial charge is 0.458 e. The number of unbranched alkanes of at least 4 members (excludes halogenated alkanes) is 2. The van der Waals surface area contributed by atoms with Crippen LogP contribution >= 0.6 is 0 Å². The second-order valence-electron chi connectivity index (χ2n) is 8.42. The first-order valence-corrected chi connectivity index (χ1v) is 11.0. The van der Waals surface area contributed by atoms with Crippen molar-refractivity contribution >= 4 is 5.97 Å². The second-order valence-corrected chi connectivity index (χ2v) is 8.42. The Morgan fingerprint density at radius 2 is 1.36 bits per heavy atom. The summed E-state index contributed by atoms with van der Waals surface area (Å²) < 4.78 is 5.80. The Balaban J connectivity index is 4.88. The van der Waals surface area contributed by atoms with Crippen molar-refractivity contribution in [1.82, 2.24) is 0 Å². The minimum absolute atomic E-state index is 0.0672. The van der Waals surface area contributed by atoms with Crippen LogP contribution in [-0.4, -0.2) is 12.1 Å². The topological polar surface area (TPSA) is 26.3 Å². The lowest BCUT2D eigenvalue weighted by atomic mass is 10.0. The van der Waals surface area contributed by atoms with E-state index < -0.39 is 0 Å². The van der Waals surface area contributed by atoms with Crippen LogP contribution in [0.5, 0.6) is 0 Å². The third-order valence-corrected chi connectivity index (χ3v) is 4.62.